The van der Waals surface area contributed by atoms with Gasteiger partial charge in [-0.15, -0.1) is 10.2 Å². The average molecular weight is 193 g/mol. The first kappa shape index (κ1) is 8.67. The van der Waals surface area contributed by atoms with E-state index in [1.165, 1.54) is 0 Å². The van der Waals surface area contributed by atoms with E-state index in [1.54, 1.807) is 21.9 Å². The van der Waals surface area contributed by atoms with Gasteiger partial charge in [-0.2, -0.15) is 4.68 Å². The molecule has 0 aromatic carbocycles. The molecule has 0 fully saturated rings. The van der Waals surface area contributed by atoms with E-state index in [0.717, 1.165) is 18.8 Å². The number of rotatable bonds is 3. The van der Waals surface area contributed by atoms with Crippen LogP contribution in [-0.2, 0) is 6.54 Å². The number of nitrogens with zero attached hydrogens (tertiary/aromatic N) is 6. The van der Waals surface area contributed by atoms with E-state index >= 15 is 0 Å². The molecule has 0 saturated carbocycles. The van der Waals surface area contributed by atoms with Crippen molar-refractivity contribution in [2.24, 2.45) is 0 Å². The van der Waals surface area contributed by atoms with Crippen LogP contribution in [0.2, 0.25) is 0 Å². The Hall–Kier alpha value is -1.92. The Morgan fingerprint density at radius 1 is 1.50 bits per heavy atom. The molecular weight excluding hydrogens is 182 g/mol. The number of nitrogen functional groups attached to an aromatic ring is 1. The van der Waals surface area contributed by atoms with Crippen LogP contribution in [0.15, 0.2) is 12.5 Å². The molecule has 0 aliphatic carbocycles. The molecule has 2 heterocycles. The van der Waals surface area contributed by atoms with E-state index < -0.39 is 0 Å². The molecule has 0 radical (unpaired) electrons. The summed E-state index contributed by atoms with van der Waals surface area (Å²) in [6.45, 7) is 2.87. The molecule has 14 heavy (non-hydrogen) atoms. The Morgan fingerprint density at radius 2 is 2.36 bits per heavy atom. The van der Waals surface area contributed by atoms with Crippen molar-refractivity contribution in [1.82, 2.24) is 29.8 Å². The first-order chi connectivity index (χ1) is 6.81. The summed E-state index contributed by atoms with van der Waals surface area (Å²) < 4.78 is 3.32. The van der Waals surface area contributed by atoms with Gasteiger partial charge in [0, 0.05) is 6.54 Å². The summed E-state index contributed by atoms with van der Waals surface area (Å²) in [5, 5.41) is 11.7. The molecule has 0 saturated heterocycles. The summed E-state index contributed by atoms with van der Waals surface area (Å²) in [7, 11) is 0. The van der Waals surface area contributed by atoms with E-state index in [9.17, 15) is 0 Å². The molecule has 0 atom stereocenters. The molecule has 0 aliphatic rings. The second-order valence-corrected chi connectivity index (χ2v) is 2.86. The van der Waals surface area contributed by atoms with Crippen LogP contribution in [-0.4, -0.2) is 29.8 Å². The van der Waals surface area contributed by atoms with Gasteiger partial charge < -0.3 is 5.73 Å². The lowest BCUT2D eigenvalue weighted by Crippen LogP contribution is -2.08. The van der Waals surface area contributed by atoms with Gasteiger partial charge in [0.1, 0.15) is 6.33 Å². The lowest BCUT2D eigenvalue weighted by atomic mass is 10.5. The van der Waals surface area contributed by atoms with Gasteiger partial charge in [-0.25, -0.2) is 9.67 Å². The summed E-state index contributed by atoms with van der Waals surface area (Å²) in [4.78, 5) is 3.83. The third kappa shape index (κ3) is 1.43. The zero-order valence-electron chi connectivity index (χ0n) is 7.83. The minimum atomic E-state index is 0.245. The molecule has 0 aliphatic heterocycles. The molecule has 0 unspecified atom stereocenters. The Kier molecular flexibility index (Phi) is 2.13. The predicted molar refractivity (Wildman–Crippen MR) is 49.6 cm³/mol. The summed E-state index contributed by atoms with van der Waals surface area (Å²) in [6.07, 6.45) is 4.16. The van der Waals surface area contributed by atoms with Crippen molar-refractivity contribution in [1.29, 1.82) is 0 Å². The van der Waals surface area contributed by atoms with Gasteiger partial charge in [-0.1, -0.05) is 12.1 Å². The normalized spacial score (nSPS) is 10.6. The highest BCUT2D eigenvalue weighted by Gasteiger charge is 2.06. The predicted octanol–water partition coefficient (Wildman–Crippen LogP) is -0.149. The molecule has 7 nitrogen and oxygen atoms in total. The molecule has 0 amide bonds. The SMILES string of the molecule is CCCn1nncc1-n1cnc(N)n1. The second kappa shape index (κ2) is 3.44. The van der Waals surface area contributed by atoms with Crippen LogP contribution in [0.3, 0.4) is 0 Å². The van der Waals surface area contributed by atoms with Crippen LogP contribution >= 0.6 is 0 Å². The fourth-order valence-electron chi connectivity index (χ4n) is 1.19. The Bertz CT molecular complexity index is 415. The third-order valence-electron chi connectivity index (χ3n) is 1.78. The van der Waals surface area contributed by atoms with Gasteiger partial charge in [-0.3, -0.25) is 0 Å². The monoisotopic (exact) mass is 193 g/mol. The molecule has 2 aromatic rings. The first-order valence-corrected chi connectivity index (χ1v) is 4.37. The smallest absolute Gasteiger partial charge is 0.239 e. The zero-order chi connectivity index (χ0) is 9.97. The Balaban J connectivity index is 2.36. The highest BCUT2D eigenvalue weighted by molar-refractivity contribution is 5.19. The van der Waals surface area contributed by atoms with Gasteiger partial charge >= 0.3 is 0 Å². The van der Waals surface area contributed by atoms with E-state index in [0.29, 0.717) is 0 Å². The first-order valence-electron chi connectivity index (χ1n) is 4.37. The van der Waals surface area contributed by atoms with Crippen LogP contribution in [0.5, 0.6) is 0 Å². The fourth-order valence-corrected chi connectivity index (χ4v) is 1.19. The zero-order valence-corrected chi connectivity index (χ0v) is 7.83. The molecule has 2 rings (SSSR count). The lowest BCUT2D eigenvalue weighted by Gasteiger charge is -2.02. The van der Waals surface area contributed by atoms with Crippen LogP contribution in [0.25, 0.3) is 5.82 Å². The molecule has 74 valence electrons. The van der Waals surface area contributed by atoms with Crippen LogP contribution in [0, 0.1) is 0 Å². The lowest BCUT2D eigenvalue weighted by molar-refractivity contribution is 0.559. The number of hydrogen-bond donors (Lipinski definition) is 1. The number of anilines is 1. The van der Waals surface area contributed by atoms with Gasteiger partial charge in [-0.05, 0) is 6.42 Å². The quantitative estimate of drug-likeness (QED) is 0.732. The minimum absolute atomic E-state index is 0.245. The van der Waals surface area contributed by atoms with E-state index in [4.69, 9.17) is 5.73 Å². The molecule has 2 aromatic heterocycles. The molecule has 7 heteroatoms. The van der Waals surface area contributed by atoms with Gasteiger partial charge in [0.25, 0.3) is 0 Å². The molecule has 2 N–H and O–H groups in total. The third-order valence-corrected chi connectivity index (χ3v) is 1.78. The fraction of sp³-hybridized carbons (Fsp3) is 0.429. The minimum Gasteiger partial charge on any atom is -0.366 e. The van der Waals surface area contributed by atoms with Crippen molar-refractivity contribution < 1.29 is 0 Å². The number of aromatic nitrogens is 6. The number of hydrogen-bond acceptors (Lipinski definition) is 5. The number of nitrogens with two attached hydrogens (primary N) is 1. The summed E-state index contributed by atoms with van der Waals surface area (Å²) in [6, 6.07) is 0. The topological polar surface area (TPSA) is 87.4 Å². The van der Waals surface area contributed by atoms with E-state index in [-0.39, 0.29) is 5.95 Å². The van der Waals surface area contributed by atoms with Crippen molar-refractivity contribution in [2.45, 2.75) is 19.9 Å². The molecule has 0 bridgehead atoms. The summed E-state index contributed by atoms with van der Waals surface area (Å²) in [5.74, 6) is 1.02. The maximum atomic E-state index is 5.42. The standard InChI is InChI=1S/C7H11N7/c1-2-3-13-6(4-10-12-13)14-5-9-7(8)11-14/h4-5H,2-3H2,1H3,(H2,8,11). The largest absolute Gasteiger partial charge is 0.366 e. The summed E-state index contributed by atoms with van der Waals surface area (Å²) in [5.41, 5.74) is 5.42. The maximum Gasteiger partial charge on any atom is 0.239 e. The molecule has 0 spiro atoms. The highest BCUT2D eigenvalue weighted by atomic mass is 15.5. The Labute approximate surface area is 80.5 Å². The van der Waals surface area contributed by atoms with Crippen LogP contribution in [0.1, 0.15) is 13.3 Å². The van der Waals surface area contributed by atoms with Crippen LogP contribution in [0.4, 0.5) is 5.95 Å². The second-order valence-electron chi connectivity index (χ2n) is 2.86. The molecular formula is C7H11N7. The van der Waals surface area contributed by atoms with Crippen molar-refractivity contribution in [3.8, 4) is 5.82 Å². The highest BCUT2D eigenvalue weighted by Crippen LogP contribution is 2.04. The van der Waals surface area contributed by atoms with Gasteiger partial charge in [0.05, 0.1) is 6.20 Å². The Morgan fingerprint density at radius 3 is 3.00 bits per heavy atom. The van der Waals surface area contributed by atoms with Crippen molar-refractivity contribution in [2.75, 3.05) is 5.73 Å². The van der Waals surface area contributed by atoms with Gasteiger partial charge in [0.15, 0.2) is 5.82 Å². The van der Waals surface area contributed by atoms with E-state index in [2.05, 4.69) is 27.3 Å². The number of aryl methyl sites for hydroxylation is 1. The van der Waals surface area contributed by atoms with Crippen molar-refractivity contribution >= 4 is 5.95 Å². The van der Waals surface area contributed by atoms with Gasteiger partial charge in [0.2, 0.25) is 5.95 Å². The van der Waals surface area contributed by atoms with Crippen molar-refractivity contribution in [3.05, 3.63) is 12.5 Å². The van der Waals surface area contributed by atoms with Crippen LogP contribution < -0.4 is 5.73 Å². The summed E-state index contributed by atoms with van der Waals surface area (Å²) >= 11 is 0. The van der Waals surface area contributed by atoms with E-state index in [1.807, 2.05) is 0 Å². The van der Waals surface area contributed by atoms with Crippen molar-refractivity contribution in [3.63, 3.8) is 0 Å². The average Bonchev–Trinajstić information content (AvgIpc) is 2.74. The maximum absolute atomic E-state index is 5.42.